The number of ether oxygens (including phenoxy) is 2. The summed E-state index contributed by atoms with van der Waals surface area (Å²) in [7, 11) is 1.28. The van der Waals surface area contributed by atoms with Crippen LogP contribution in [0.1, 0.15) is 20.3 Å². The molecule has 4 atom stereocenters. The van der Waals surface area contributed by atoms with Crippen LogP contribution in [0, 0.1) is 5.92 Å². The van der Waals surface area contributed by atoms with Crippen LogP contribution >= 0.6 is 0 Å². The molecule has 1 saturated heterocycles. The maximum atomic E-state index is 11.6. The summed E-state index contributed by atoms with van der Waals surface area (Å²) in [5, 5.41) is 10.1. The summed E-state index contributed by atoms with van der Waals surface area (Å²) < 4.78 is 10.00. The van der Waals surface area contributed by atoms with E-state index in [-0.39, 0.29) is 12.2 Å². The minimum absolute atomic E-state index is 0.0966. The first-order valence-corrected chi connectivity index (χ1v) is 4.89. The first-order valence-electron chi connectivity index (χ1n) is 4.89. The van der Waals surface area contributed by atoms with Gasteiger partial charge in [0.25, 0.3) is 0 Å². The van der Waals surface area contributed by atoms with Crippen molar-refractivity contribution in [2.45, 2.75) is 37.6 Å². The minimum Gasteiger partial charge on any atom is -0.469 e. The van der Waals surface area contributed by atoms with Crippen LogP contribution in [0.15, 0.2) is 0 Å². The zero-order chi connectivity index (χ0) is 11.4. The Kier molecular flexibility index (Phi) is 1.97. The van der Waals surface area contributed by atoms with Gasteiger partial charge in [0.1, 0.15) is 11.7 Å². The molecule has 1 aliphatic heterocycles. The zero-order valence-electron chi connectivity index (χ0n) is 8.94. The molecule has 1 saturated carbocycles. The molecule has 0 aromatic heterocycles. The summed E-state index contributed by atoms with van der Waals surface area (Å²) in [6.45, 7) is 3.16. The number of hydrogen-bond donors (Lipinski definition) is 1. The Hall–Kier alpha value is -0.940. The highest BCUT2D eigenvalue weighted by Crippen LogP contribution is 2.56. The van der Waals surface area contributed by atoms with Crippen molar-refractivity contribution in [1.29, 1.82) is 0 Å². The number of hydrogen-bond acceptors (Lipinski definition) is 5. The first kappa shape index (κ1) is 10.6. The summed E-state index contributed by atoms with van der Waals surface area (Å²) in [5.74, 6) is -1.34. The standard InChI is InChI=1S/C10H14O5/c1-5-7(11)10(13)4-6(8(12)14-3)9(10,2)15-5/h5-6,13H,4H2,1-3H3. The van der Waals surface area contributed by atoms with Gasteiger partial charge in [-0.25, -0.2) is 0 Å². The van der Waals surface area contributed by atoms with E-state index < -0.39 is 29.2 Å². The normalized spacial score (nSPS) is 48.4. The second-order valence-corrected chi connectivity index (χ2v) is 4.37. The van der Waals surface area contributed by atoms with E-state index in [0.717, 1.165) is 0 Å². The Morgan fingerprint density at radius 3 is 2.73 bits per heavy atom. The van der Waals surface area contributed by atoms with Crippen LogP contribution in [0.25, 0.3) is 0 Å². The molecule has 0 bridgehead atoms. The van der Waals surface area contributed by atoms with Crippen LogP contribution in [0.4, 0.5) is 0 Å². The molecule has 0 amide bonds. The average molecular weight is 214 g/mol. The van der Waals surface area contributed by atoms with E-state index in [0.29, 0.717) is 0 Å². The Balaban J connectivity index is 2.30. The van der Waals surface area contributed by atoms with Gasteiger partial charge in [-0.2, -0.15) is 0 Å². The number of ketones is 1. The molecule has 15 heavy (non-hydrogen) atoms. The van der Waals surface area contributed by atoms with Gasteiger partial charge in [0, 0.05) is 6.42 Å². The van der Waals surface area contributed by atoms with Crippen molar-refractivity contribution in [2.24, 2.45) is 5.92 Å². The molecule has 0 aromatic rings. The Labute approximate surface area is 87.4 Å². The van der Waals surface area contributed by atoms with Crippen molar-refractivity contribution in [3.05, 3.63) is 0 Å². The van der Waals surface area contributed by atoms with E-state index in [1.54, 1.807) is 13.8 Å². The Morgan fingerprint density at radius 2 is 2.27 bits per heavy atom. The largest absolute Gasteiger partial charge is 0.469 e. The van der Waals surface area contributed by atoms with Crippen molar-refractivity contribution in [3.8, 4) is 0 Å². The van der Waals surface area contributed by atoms with Gasteiger partial charge in [0.2, 0.25) is 0 Å². The lowest BCUT2D eigenvalue weighted by Gasteiger charge is -2.51. The highest BCUT2D eigenvalue weighted by molar-refractivity contribution is 5.98. The molecule has 1 heterocycles. The topological polar surface area (TPSA) is 72.8 Å². The maximum Gasteiger partial charge on any atom is 0.311 e. The molecular formula is C10H14O5. The van der Waals surface area contributed by atoms with Crippen LogP contribution in [0.3, 0.4) is 0 Å². The fourth-order valence-electron chi connectivity index (χ4n) is 2.58. The van der Waals surface area contributed by atoms with Crippen LogP contribution in [-0.4, -0.2) is 41.3 Å². The molecule has 5 heteroatoms. The lowest BCUT2D eigenvalue weighted by Crippen LogP contribution is -2.69. The quantitative estimate of drug-likeness (QED) is 0.604. The third kappa shape index (κ3) is 0.995. The van der Waals surface area contributed by atoms with Gasteiger partial charge in [-0.1, -0.05) is 0 Å². The van der Waals surface area contributed by atoms with Gasteiger partial charge in [0.15, 0.2) is 11.4 Å². The number of Topliss-reactive ketones (excluding diaryl/α,β-unsaturated/α-hetero) is 1. The van der Waals surface area contributed by atoms with Crippen LogP contribution in [0.5, 0.6) is 0 Å². The van der Waals surface area contributed by atoms with Gasteiger partial charge in [0.05, 0.1) is 13.0 Å². The lowest BCUT2D eigenvalue weighted by atomic mass is 9.58. The highest BCUT2D eigenvalue weighted by Gasteiger charge is 2.75. The van der Waals surface area contributed by atoms with Gasteiger partial charge < -0.3 is 14.6 Å². The first-order chi connectivity index (χ1) is 6.87. The summed E-state index contributed by atoms with van der Waals surface area (Å²) in [5.41, 5.74) is -2.62. The monoisotopic (exact) mass is 214 g/mol. The van der Waals surface area contributed by atoms with Crippen molar-refractivity contribution < 1.29 is 24.2 Å². The van der Waals surface area contributed by atoms with Gasteiger partial charge in [-0.15, -0.1) is 0 Å². The molecule has 4 unspecified atom stereocenters. The fraction of sp³-hybridized carbons (Fsp3) is 0.800. The number of aliphatic hydroxyl groups is 1. The molecule has 5 nitrogen and oxygen atoms in total. The molecule has 0 aromatic carbocycles. The molecule has 84 valence electrons. The zero-order valence-corrected chi connectivity index (χ0v) is 8.94. The van der Waals surface area contributed by atoms with Gasteiger partial charge in [-0.3, -0.25) is 9.59 Å². The van der Waals surface area contributed by atoms with Crippen LogP contribution < -0.4 is 0 Å². The minimum atomic E-state index is -1.51. The lowest BCUT2D eigenvalue weighted by molar-refractivity contribution is -0.232. The van der Waals surface area contributed by atoms with Crippen molar-refractivity contribution in [2.75, 3.05) is 7.11 Å². The van der Waals surface area contributed by atoms with Gasteiger partial charge >= 0.3 is 5.97 Å². The number of carbonyl (C=O) groups excluding carboxylic acids is 2. The van der Waals surface area contributed by atoms with Crippen LogP contribution in [-0.2, 0) is 19.1 Å². The van der Waals surface area contributed by atoms with E-state index in [4.69, 9.17) is 4.74 Å². The van der Waals surface area contributed by atoms with E-state index in [9.17, 15) is 14.7 Å². The molecule has 0 radical (unpaired) electrons. The molecular weight excluding hydrogens is 200 g/mol. The number of methoxy groups -OCH3 is 1. The number of carbonyl (C=O) groups is 2. The molecule has 1 N–H and O–H groups in total. The summed E-state index contributed by atoms with van der Waals surface area (Å²) in [6, 6.07) is 0. The second-order valence-electron chi connectivity index (χ2n) is 4.37. The number of rotatable bonds is 1. The summed E-state index contributed by atoms with van der Waals surface area (Å²) in [6.07, 6.45) is -0.561. The third-order valence-electron chi connectivity index (χ3n) is 3.67. The number of esters is 1. The van der Waals surface area contributed by atoms with E-state index in [1.165, 1.54) is 7.11 Å². The maximum absolute atomic E-state index is 11.6. The van der Waals surface area contributed by atoms with Crippen LogP contribution in [0.2, 0.25) is 0 Å². The molecule has 0 spiro atoms. The van der Waals surface area contributed by atoms with Crippen molar-refractivity contribution >= 4 is 11.8 Å². The predicted octanol–water partition coefficient (Wildman–Crippen LogP) is -0.343. The summed E-state index contributed by atoms with van der Waals surface area (Å²) in [4.78, 5) is 23.0. The Bertz CT molecular complexity index is 339. The molecule has 2 aliphatic rings. The average Bonchev–Trinajstić information content (AvgIpc) is 2.32. The molecule has 2 rings (SSSR count). The fourth-order valence-corrected chi connectivity index (χ4v) is 2.58. The third-order valence-corrected chi connectivity index (χ3v) is 3.67. The van der Waals surface area contributed by atoms with E-state index >= 15 is 0 Å². The smallest absolute Gasteiger partial charge is 0.311 e. The van der Waals surface area contributed by atoms with Gasteiger partial charge in [-0.05, 0) is 13.8 Å². The number of fused-ring (bicyclic) bond motifs is 1. The Morgan fingerprint density at radius 1 is 1.67 bits per heavy atom. The summed E-state index contributed by atoms with van der Waals surface area (Å²) >= 11 is 0. The SMILES string of the molecule is COC(=O)C1CC2(O)C(=O)C(C)OC12C. The van der Waals surface area contributed by atoms with E-state index in [2.05, 4.69) is 4.74 Å². The highest BCUT2D eigenvalue weighted by atomic mass is 16.6. The second kappa shape index (κ2) is 2.80. The van der Waals surface area contributed by atoms with Crippen molar-refractivity contribution in [3.63, 3.8) is 0 Å². The van der Waals surface area contributed by atoms with Crippen molar-refractivity contribution in [1.82, 2.24) is 0 Å². The molecule has 2 fully saturated rings. The molecule has 1 aliphatic carbocycles. The predicted molar refractivity (Wildman–Crippen MR) is 49.0 cm³/mol. The van der Waals surface area contributed by atoms with E-state index in [1.807, 2.05) is 0 Å².